The first-order valence-electron chi connectivity index (χ1n) is 7.62. The van der Waals surface area contributed by atoms with Crippen LogP contribution in [-0.4, -0.2) is 49.3 Å². The van der Waals surface area contributed by atoms with Crippen LogP contribution in [0.3, 0.4) is 0 Å². The van der Waals surface area contributed by atoms with Crippen LogP contribution in [0.1, 0.15) is 19.4 Å². The van der Waals surface area contributed by atoms with Gasteiger partial charge in [-0.25, -0.2) is 13.6 Å². The molecule has 1 N–H and O–H groups in total. The summed E-state index contributed by atoms with van der Waals surface area (Å²) in [6.45, 7) is 4.63. The number of carbonyl (C=O) groups excluding carboxylic acids is 1. The third kappa shape index (κ3) is 5.67. The van der Waals surface area contributed by atoms with Crippen molar-refractivity contribution in [1.82, 2.24) is 10.2 Å². The van der Waals surface area contributed by atoms with E-state index in [9.17, 15) is 13.6 Å². The van der Waals surface area contributed by atoms with Crippen molar-refractivity contribution in [3.63, 3.8) is 0 Å². The van der Waals surface area contributed by atoms with E-state index in [1.165, 1.54) is 0 Å². The predicted molar refractivity (Wildman–Crippen MR) is 81.8 cm³/mol. The Balaban J connectivity index is 1.85. The number of carbonyl (C=O) groups is 1. The van der Waals surface area contributed by atoms with E-state index in [0.717, 1.165) is 5.56 Å². The zero-order valence-electron chi connectivity index (χ0n) is 13.3. The van der Waals surface area contributed by atoms with E-state index in [2.05, 4.69) is 5.32 Å². The van der Waals surface area contributed by atoms with Crippen LogP contribution in [0.25, 0.3) is 0 Å². The van der Waals surface area contributed by atoms with E-state index < -0.39 is 13.0 Å². The van der Waals surface area contributed by atoms with Crippen LogP contribution in [0, 0.1) is 0 Å². The van der Waals surface area contributed by atoms with E-state index in [4.69, 9.17) is 9.47 Å². The topological polar surface area (TPSA) is 50.8 Å². The second-order valence-electron chi connectivity index (χ2n) is 5.67. The minimum Gasteiger partial charge on any atom is -0.488 e. The fourth-order valence-electron chi connectivity index (χ4n) is 2.54. The van der Waals surface area contributed by atoms with Crippen LogP contribution in [0.2, 0.25) is 0 Å². The lowest BCUT2D eigenvalue weighted by molar-refractivity contribution is -0.0545. The van der Waals surface area contributed by atoms with Gasteiger partial charge in [0.1, 0.15) is 12.4 Å². The highest BCUT2D eigenvalue weighted by Gasteiger charge is 2.25. The fraction of sp³-hybridized carbons (Fsp3) is 0.562. The maximum absolute atomic E-state index is 12.2. The standard InChI is InChI=1S/C16H22F2N2O3/c1-11-8-20(9-12(2)23-11)16(21)19-7-13-4-3-5-14(6-13)22-10-15(17)18/h3-6,11-12,15H,7-10H2,1-2H3,(H,19,21). The number of urea groups is 1. The molecule has 0 saturated carbocycles. The molecule has 0 bridgehead atoms. The van der Waals surface area contributed by atoms with Crippen LogP contribution in [0.4, 0.5) is 13.6 Å². The molecule has 1 saturated heterocycles. The van der Waals surface area contributed by atoms with Crippen molar-refractivity contribution in [3.8, 4) is 5.75 Å². The summed E-state index contributed by atoms with van der Waals surface area (Å²) in [7, 11) is 0. The Morgan fingerprint density at radius 1 is 1.39 bits per heavy atom. The Morgan fingerprint density at radius 2 is 2.09 bits per heavy atom. The van der Waals surface area contributed by atoms with Crippen LogP contribution < -0.4 is 10.1 Å². The molecule has 2 amide bonds. The maximum atomic E-state index is 12.2. The van der Waals surface area contributed by atoms with E-state index in [1.54, 1.807) is 29.2 Å². The first-order chi connectivity index (χ1) is 10.9. The van der Waals surface area contributed by atoms with E-state index in [-0.39, 0.29) is 18.2 Å². The van der Waals surface area contributed by atoms with Gasteiger partial charge in [-0.1, -0.05) is 12.1 Å². The Labute approximate surface area is 134 Å². The number of amides is 2. The third-order valence-electron chi connectivity index (χ3n) is 3.42. The number of nitrogens with one attached hydrogen (secondary N) is 1. The van der Waals surface area contributed by atoms with Gasteiger partial charge < -0.3 is 19.7 Å². The lowest BCUT2D eigenvalue weighted by atomic mass is 10.2. The lowest BCUT2D eigenvalue weighted by Gasteiger charge is -2.35. The van der Waals surface area contributed by atoms with Crippen molar-refractivity contribution >= 4 is 6.03 Å². The number of benzene rings is 1. The van der Waals surface area contributed by atoms with Crippen LogP contribution in [0.15, 0.2) is 24.3 Å². The molecule has 1 aromatic rings. The first-order valence-corrected chi connectivity index (χ1v) is 7.62. The van der Waals surface area contributed by atoms with Crippen molar-refractivity contribution in [2.75, 3.05) is 19.7 Å². The molecular formula is C16H22F2N2O3. The summed E-state index contributed by atoms with van der Waals surface area (Å²) in [5.74, 6) is 0.366. The van der Waals surface area contributed by atoms with E-state index in [1.807, 2.05) is 13.8 Å². The highest BCUT2D eigenvalue weighted by Crippen LogP contribution is 2.15. The van der Waals surface area contributed by atoms with Gasteiger partial charge in [0.05, 0.1) is 12.2 Å². The number of hydrogen-bond acceptors (Lipinski definition) is 3. The van der Waals surface area contributed by atoms with Gasteiger partial charge in [0.2, 0.25) is 0 Å². The smallest absolute Gasteiger partial charge is 0.317 e. The molecule has 1 aromatic carbocycles. The summed E-state index contributed by atoms with van der Waals surface area (Å²) >= 11 is 0. The minimum atomic E-state index is -2.51. The SMILES string of the molecule is CC1CN(C(=O)NCc2cccc(OCC(F)F)c2)CC(C)O1. The quantitative estimate of drug-likeness (QED) is 0.904. The second-order valence-corrected chi connectivity index (χ2v) is 5.67. The molecule has 128 valence electrons. The molecule has 1 aliphatic rings. The molecule has 2 unspecified atom stereocenters. The van der Waals surface area contributed by atoms with Gasteiger partial charge in [0, 0.05) is 19.6 Å². The highest BCUT2D eigenvalue weighted by atomic mass is 19.3. The molecule has 2 rings (SSSR count). The Hall–Kier alpha value is -1.89. The predicted octanol–water partition coefficient (Wildman–Crippen LogP) is 2.65. The molecule has 1 fully saturated rings. The van der Waals surface area contributed by atoms with Gasteiger partial charge >= 0.3 is 6.03 Å². The normalized spacial score (nSPS) is 21.3. The molecular weight excluding hydrogens is 306 g/mol. The second kappa shape index (κ2) is 8.10. The van der Waals surface area contributed by atoms with Crippen LogP contribution in [-0.2, 0) is 11.3 Å². The van der Waals surface area contributed by atoms with Crippen molar-refractivity contribution in [2.24, 2.45) is 0 Å². The van der Waals surface area contributed by atoms with Gasteiger partial charge in [0.25, 0.3) is 6.43 Å². The van der Waals surface area contributed by atoms with Crippen molar-refractivity contribution in [2.45, 2.75) is 39.0 Å². The molecule has 7 heteroatoms. The molecule has 1 heterocycles. The van der Waals surface area contributed by atoms with Gasteiger partial charge in [-0.15, -0.1) is 0 Å². The summed E-state index contributed by atoms with van der Waals surface area (Å²) in [5.41, 5.74) is 0.791. The van der Waals surface area contributed by atoms with Crippen LogP contribution >= 0.6 is 0 Å². The van der Waals surface area contributed by atoms with Gasteiger partial charge in [-0.2, -0.15) is 0 Å². The summed E-state index contributed by atoms with van der Waals surface area (Å²) in [4.78, 5) is 13.9. The fourth-order valence-corrected chi connectivity index (χ4v) is 2.54. The monoisotopic (exact) mass is 328 g/mol. The Bertz CT molecular complexity index is 518. The molecule has 0 spiro atoms. The molecule has 2 atom stereocenters. The number of nitrogens with zero attached hydrogens (tertiary/aromatic N) is 1. The van der Waals surface area contributed by atoms with Gasteiger partial charge in [0.15, 0.2) is 0 Å². The molecule has 0 aliphatic carbocycles. The summed E-state index contributed by atoms with van der Waals surface area (Å²) < 4.78 is 34.9. The maximum Gasteiger partial charge on any atom is 0.317 e. The average Bonchev–Trinajstić information content (AvgIpc) is 2.50. The number of hydrogen-bond donors (Lipinski definition) is 1. The Morgan fingerprint density at radius 3 is 2.74 bits per heavy atom. The number of ether oxygens (including phenoxy) is 2. The van der Waals surface area contributed by atoms with Crippen molar-refractivity contribution in [1.29, 1.82) is 0 Å². The molecule has 1 aliphatic heterocycles. The van der Waals surface area contributed by atoms with Crippen LogP contribution in [0.5, 0.6) is 5.75 Å². The zero-order chi connectivity index (χ0) is 16.8. The summed E-state index contributed by atoms with van der Waals surface area (Å²) in [6.07, 6.45) is -2.49. The summed E-state index contributed by atoms with van der Waals surface area (Å²) in [5, 5.41) is 2.83. The number of morpholine rings is 1. The van der Waals surface area contributed by atoms with Gasteiger partial charge in [-0.05, 0) is 31.5 Å². The number of rotatable bonds is 5. The van der Waals surface area contributed by atoms with Crippen molar-refractivity contribution in [3.05, 3.63) is 29.8 Å². The molecule has 0 radical (unpaired) electrons. The first kappa shape index (κ1) is 17.5. The van der Waals surface area contributed by atoms with E-state index >= 15 is 0 Å². The van der Waals surface area contributed by atoms with E-state index in [0.29, 0.717) is 25.4 Å². The van der Waals surface area contributed by atoms with Gasteiger partial charge in [-0.3, -0.25) is 0 Å². The number of alkyl halides is 2. The largest absolute Gasteiger partial charge is 0.488 e. The molecule has 5 nitrogen and oxygen atoms in total. The lowest BCUT2D eigenvalue weighted by Crippen LogP contribution is -2.51. The van der Waals surface area contributed by atoms with Crippen molar-refractivity contribution < 1.29 is 23.0 Å². The summed E-state index contributed by atoms with van der Waals surface area (Å²) in [6, 6.07) is 6.61. The highest BCUT2D eigenvalue weighted by molar-refractivity contribution is 5.74. The Kier molecular flexibility index (Phi) is 6.15. The minimum absolute atomic E-state index is 0.00979. The number of halogens is 2. The molecule has 0 aromatic heterocycles. The molecule has 23 heavy (non-hydrogen) atoms. The third-order valence-corrected chi connectivity index (χ3v) is 3.42. The zero-order valence-corrected chi connectivity index (χ0v) is 13.3. The average molecular weight is 328 g/mol.